The third-order valence-electron chi connectivity index (χ3n) is 2.83. The second-order valence-electron chi connectivity index (χ2n) is 5.23. The number of Topliss-reactive ketones (excluding diaryl/α,β-unsaturated/α-hetero) is 1. The average Bonchev–Trinajstić information content (AvgIpc) is 2.29. The molecule has 1 atom stereocenters. The van der Waals surface area contributed by atoms with E-state index < -0.39 is 0 Å². The van der Waals surface area contributed by atoms with Crippen LogP contribution >= 0.6 is 0 Å². The average molecular weight is 251 g/mol. The van der Waals surface area contributed by atoms with E-state index >= 15 is 0 Å². The highest BCUT2D eigenvalue weighted by molar-refractivity contribution is 5.86. The first kappa shape index (κ1) is 14.8. The number of carbonyl (C=O) groups excluding carboxylic acids is 1. The van der Waals surface area contributed by atoms with Crippen molar-refractivity contribution in [3.8, 4) is 0 Å². The van der Waals surface area contributed by atoms with Crippen LogP contribution in [0.15, 0.2) is 24.3 Å². The summed E-state index contributed by atoms with van der Waals surface area (Å²) in [6.07, 6.45) is 0.405. The van der Waals surface area contributed by atoms with Crippen molar-refractivity contribution in [3.63, 3.8) is 0 Å². The van der Waals surface area contributed by atoms with E-state index in [1.807, 2.05) is 27.7 Å². The zero-order valence-corrected chi connectivity index (χ0v) is 11.5. The first-order valence-corrected chi connectivity index (χ1v) is 6.45. The van der Waals surface area contributed by atoms with Gasteiger partial charge in [0.05, 0.1) is 6.04 Å². The molecule has 1 N–H and O–H groups in total. The minimum atomic E-state index is -0.318. The fraction of sp³-hybridized carbons (Fsp3) is 0.533. The molecule has 0 saturated heterocycles. The van der Waals surface area contributed by atoms with Crippen molar-refractivity contribution in [2.75, 3.05) is 0 Å². The minimum Gasteiger partial charge on any atom is -0.305 e. The molecule has 0 bridgehead atoms. The molecule has 2 nitrogen and oxygen atoms in total. The Bertz CT molecular complexity index is 401. The number of halogens is 1. The van der Waals surface area contributed by atoms with Crippen LogP contribution in [0, 0.1) is 11.7 Å². The van der Waals surface area contributed by atoms with E-state index in [1.165, 1.54) is 6.07 Å². The summed E-state index contributed by atoms with van der Waals surface area (Å²) < 4.78 is 13.6. The van der Waals surface area contributed by atoms with Gasteiger partial charge in [0.1, 0.15) is 5.82 Å². The van der Waals surface area contributed by atoms with Gasteiger partial charge in [-0.25, -0.2) is 4.39 Å². The molecule has 1 aromatic rings. The van der Waals surface area contributed by atoms with Crippen molar-refractivity contribution < 1.29 is 9.18 Å². The van der Waals surface area contributed by atoms with Crippen LogP contribution in [0.25, 0.3) is 0 Å². The van der Waals surface area contributed by atoms with Crippen molar-refractivity contribution in [3.05, 3.63) is 35.6 Å². The Morgan fingerprint density at radius 3 is 2.33 bits per heavy atom. The summed E-state index contributed by atoms with van der Waals surface area (Å²) in [5.74, 6) is -0.162. The highest BCUT2D eigenvalue weighted by Gasteiger charge is 2.22. The summed E-state index contributed by atoms with van der Waals surface area (Å²) in [5, 5.41) is 3.22. The lowest BCUT2D eigenvalue weighted by atomic mass is 9.95. The van der Waals surface area contributed by atoms with Crippen molar-refractivity contribution in [2.45, 2.75) is 46.2 Å². The van der Waals surface area contributed by atoms with Crippen LogP contribution in [0.2, 0.25) is 0 Å². The maximum absolute atomic E-state index is 13.6. The van der Waals surface area contributed by atoms with E-state index in [4.69, 9.17) is 0 Å². The number of hydrogen-bond donors (Lipinski definition) is 1. The predicted molar refractivity (Wildman–Crippen MR) is 72.0 cm³/mol. The van der Waals surface area contributed by atoms with Crippen LogP contribution in [0.4, 0.5) is 4.39 Å². The summed E-state index contributed by atoms with van der Waals surface area (Å²) >= 11 is 0. The number of rotatable bonds is 6. The standard InChI is InChI=1S/C15H22FNO/c1-10(2)15(18)14(17-11(3)4)9-12-7-5-6-8-13(12)16/h5-8,10-11,14,17H,9H2,1-4H3. The van der Waals surface area contributed by atoms with Crippen LogP contribution in [-0.4, -0.2) is 17.9 Å². The zero-order valence-electron chi connectivity index (χ0n) is 11.5. The molecule has 0 spiro atoms. The lowest BCUT2D eigenvalue weighted by Gasteiger charge is -2.22. The summed E-state index contributed by atoms with van der Waals surface area (Å²) in [6.45, 7) is 7.72. The van der Waals surface area contributed by atoms with Crippen molar-refractivity contribution in [2.24, 2.45) is 5.92 Å². The van der Waals surface area contributed by atoms with Crippen molar-refractivity contribution >= 4 is 5.78 Å². The van der Waals surface area contributed by atoms with Crippen molar-refractivity contribution in [1.29, 1.82) is 0 Å². The van der Waals surface area contributed by atoms with Crippen molar-refractivity contribution in [1.82, 2.24) is 5.32 Å². The van der Waals surface area contributed by atoms with Crippen LogP contribution in [0.1, 0.15) is 33.3 Å². The molecule has 0 aliphatic heterocycles. The largest absolute Gasteiger partial charge is 0.305 e. The van der Waals surface area contributed by atoms with Gasteiger partial charge in [-0.05, 0) is 18.1 Å². The minimum absolute atomic E-state index is 0.0481. The van der Waals surface area contributed by atoms with Gasteiger partial charge >= 0.3 is 0 Å². The molecule has 1 aromatic carbocycles. The fourth-order valence-electron chi connectivity index (χ4n) is 1.93. The summed E-state index contributed by atoms with van der Waals surface area (Å²) in [5.41, 5.74) is 0.588. The lowest BCUT2D eigenvalue weighted by Crippen LogP contribution is -2.44. The second kappa shape index (κ2) is 6.64. The fourth-order valence-corrected chi connectivity index (χ4v) is 1.93. The SMILES string of the molecule is CC(C)NC(Cc1ccccc1F)C(=O)C(C)C. The normalized spacial score (nSPS) is 13.1. The molecule has 0 aliphatic rings. The molecule has 0 radical (unpaired) electrons. The first-order chi connectivity index (χ1) is 8.41. The number of nitrogens with one attached hydrogen (secondary N) is 1. The Morgan fingerprint density at radius 1 is 1.22 bits per heavy atom. The maximum Gasteiger partial charge on any atom is 0.152 e. The summed E-state index contributed by atoms with van der Waals surface area (Å²) in [6, 6.07) is 6.50. The molecular formula is C15H22FNO. The quantitative estimate of drug-likeness (QED) is 0.842. The third kappa shape index (κ3) is 4.22. The molecule has 3 heteroatoms. The van der Waals surface area contributed by atoms with E-state index in [2.05, 4.69) is 5.32 Å². The Labute approximate surface area is 109 Å². The van der Waals surface area contributed by atoms with E-state index in [0.717, 1.165) is 0 Å². The molecule has 1 unspecified atom stereocenters. The van der Waals surface area contributed by atoms with Gasteiger partial charge in [-0.3, -0.25) is 4.79 Å². The topological polar surface area (TPSA) is 29.1 Å². The van der Waals surface area contributed by atoms with Crippen LogP contribution in [0.5, 0.6) is 0 Å². The molecule has 0 amide bonds. The van der Waals surface area contributed by atoms with Gasteiger partial charge in [0, 0.05) is 12.0 Å². The Morgan fingerprint density at radius 2 is 1.83 bits per heavy atom. The highest BCUT2D eigenvalue weighted by Crippen LogP contribution is 2.12. The van der Waals surface area contributed by atoms with Gasteiger partial charge in [0.25, 0.3) is 0 Å². The molecule has 0 aliphatic carbocycles. The van der Waals surface area contributed by atoms with E-state index in [-0.39, 0.29) is 29.6 Å². The van der Waals surface area contributed by atoms with Crippen LogP contribution in [-0.2, 0) is 11.2 Å². The third-order valence-corrected chi connectivity index (χ3v) is 2.83. The molecule has 18 heavy (non-hydrogen) atoms. The molecule has 0 aromatic heterocycles. The number of carbonyl (C=O) groups is 1. The van der Waals surface area contributed by atoms with Gasteiger partial charge in [-0.1, -0.05) is 45.9 Å². The van der Waals surface area contributed by atoms with Gasteiger partial charge in [-0.2, -0.15) is 0 Å². The molecule has 1 rings (SSSR count). The molecule has 0 heterocycles. The van der Waals surface area contributed by atoms with Gasteiger partial charge in [-0.15, -0.1) is 0 Å². The monoisotopic (exact) mass is 251 g/mol. The second-order valence-corrected chi connectivity index (χ2v) is 5.23. The lowest BCUT2D eigenvalue weighted by molar-refractivity contribution is -0.124. The molecule has 100 valence electrons. The number of ketones is 1. The Balaban J connectivity index is 2.85. The van der Waals surface area contributed by atoms with Gasteiger partial charge in [0.2, 0.25) is 0 Å². The maximum atomic E-state index is 13.6. The highest BCUT2D eigenvalue weighted by atomic mass is 19.1. The van der Waals surface area contributed by atoms with Crippen LogP contribution in [0.3, 0.4) is 0 Å². The Kier molecular flexibility index (Phi) is 5.48. The smallest absolute Gasteiger partial charge is 0.152 e. The van der Waals surface area contributed by atoms with E-state index in [0.29, 0.717) is 12.0 Å². The summed E-state index contributed by atoms with van der Waals surface area (Å²) in [4.78, 5) is 12.1. The molecule has 0 fully saturated rings. The summed E-state index contributed by atoms with van der Waals surface area (Å²) in [7, 11) is 0. The number of hydrogen-bond acceptors (Lipinski definition) is 2. The zero-order chi connectivity index (χ0) is 13.7. The first-order valence-electron chi connectivity index (χ1n) is 6.45. The molecular weight excluding hydrogens is 229 g/mol. The van der Waals surface area contributed by atoms with Gasteiger partial charge in [0.15, 0.2) is 5.78 Å². The van der Waals surface area contributed by atoms with E-state index in [9.17, 15) is 9.18 Å². The predicted octanol–water partition coefficient (Wildman–Crippen LogP) is 2.96. The Hall–Kier alpha value is -1.22. The van der Waals surface area contributed by atoms with Gasteiger partial charge < -0.3 is 5.32 Å². The number of benzene rings is 1. The van der Waals surface area contributed by atoms with E-state index in [1.54, 1.807) is 18.2 Å². The van der Waals surface area contributed by atoms with Crippen LogP contribution < -0.4 is 5.32 Å². The molecule has 0 saturated carbocycles.